The lowest BCUT2D eigenvalue weighted by atomic mass is 10.1. The van der Waals surface area contributed by atoms with Crippen LogP contribution < -0.4 is 10.1 Å². The van der Waals surface area contributed by atoms with Crippen molar-refractivity contribution in [2.45, 2.75) is 20.1 Å². The van der Waals surface area contributed by atoms with E-state index >= 15 is 0 Å². The summed E-state index contributed by atoms with van der Waals surface area (Å²) in [5, 5.41) is 11.7. The molecule has 0 radical (unpaired) electrons. The molecule has 2 rings (SSSR count). The molecule has 0 heterocycles. The van der Waals surface area contributed by atoms with Gasteiger partial charge in [-0.3, -0.25) is 4.79 Å². The summed E-state index contributed by atoms with van der Waals surface area (Å²) in [7, 11) is 0. The van der Waals surface area contributed by atoms with Crippen LogP contribution in [0.3, 0.4) is 0 Å². The number of nitrogens with one attached hydrogen (secondary N) is 1. The van der Waals surface area contributed by atoms with E-state index in [9.17, 15) is 4.79 Å². The Morgan fingerprint density at radius 3 is 2.40 bits per heavy atom. The van der Waals surface area contributed by atoms with Crippen LogP contribution in [-0.4, -0.2) is 11.0 Å². The topological polar surface area (TPSA) is 58.6 Å². The zero-order valence-electron chi connectivity index (χ0n) is 11.3. The molecule has 0 fully saturated rings. The maximum absolute atomic E-state index is 11.1. The Labute approximate surface area is 118 Å². The standard InChI is InChI=1S/C16H17NO3/c1-12(19)17-15-4-2-3-5-16(15)20-11-14-8-6-13(10-18)7-9-14/h2-9,18H,10-11H2,1H3,(H,17,19). The fourth-order valence-corrected chi connectivity index (χ4v) is 1.79. The largest absolute Gasteiger partial charge is 0.487 e. The van der Waals surface area contributed by atoms with E-state index in [0.717, 1.165) is 11.1 Å². The number of para-hydroxylation sites is 2. The lowest BCUT2D eigenvalue weighted by Crippen LogP contribution is -2.07. The van der Waals surface area contributed by atoms with Gasteiger partial charge in [0, 0.05) is 6.92 Å². The number of carbonyl (C=O) groups excluding carboxylic acids is 1. The average Bonchev–Trinajstić information content (AvgIpc) is 2.46. The van der Waals surface area contributed by atoms with Crippen molar-refractivity contribution in [1.82, 2.24) is 0 Å². The van der Waals surface area contributed by atoms with Crippen LogP contribution in [0.2, 0.25) is 0 Å². The number of anilines is 1. The van der Waals surface area contributed by atoms with Crippen LogP contribution in [0, 0.1) is 0 Å². The van der Waals surface area contributed by atoms with E-state index in [1.807, 2.05) is 42.5 Å². The Kier molecular flexibility index (Phi) is 4.74. The van der Waals surface area contributed by atoms with Crippen LogP contribution >= 0.6 is 0 Å². The van der Waals surface area contributed by atoms with Gasteiger partial charge in [-0.2, -0.15) is 0 Å². The van der Waals surface area contributed by atoms with Gasteiger partial charge < -0.3 is 15.2 Å². The van der Waals surface area contributed by atoms with Crippen molar-refractivity contribution in [3.63, 3.8) is 0 Å². The normalized spacial score (nSPS) is 10.1. The van der Waals surface area contributed by atoms with Crippen molar-refractivity contribution in [2.24, 2.45) is 0 Å². The molecule has 0 aliphatic heterocycles. The molecule has 0 atom stereocenters. The maximum atomic E-state index is 11.1. The van der Waals surface area contributed by atoms with Gasteiger partial charge in [-0.15, -0.1) is 0 Å². The highest BCUT2D eigenvalue weighted by atomic mass is 16.5. The smallest absolute Gasteiger partial charge is 0.221 e. The summed E-state index contributed by atoms with van der Waals surface area (Å²) in [6, 6.07) is 14.8. The third-order valence-electron chi connectivity index (χ3n) is 2.80. The molecule has 2 N–H and O–H groups in total. The second kappa shape index (κ2) is 6.73. The number of aliphatic hydroxyl groups excluding tert-OH is 1. The van der Waals surface area contributed by atoms with Gasteiger partial charge in [0.25, 0.3) is 0 Å². The van der Waals surface area contributed by atoms with E-state index in [1.165, 1.54) is 6.92 Å². The van der Waals surface area contributed by atoms with E-state index in [0.29, 0.717) is 18.0 Å². The second-order valence-electron chi connectivity index (χ2n) is 4.44. The maximum Gasteiger partial charge on any atom is 0.221 e. The number of hydrogen-bond donors (Lipinski definition) is 2. The molecule has 0 aliphatic rings. The van der Waals surface area contributed by atoms with Crippen LogP contribution in [0.15, 0.2) is 48.5 Å². The number of hydrogen-bond acceptors (Lipinski definition) is 3. The first kappa shape index (κ1) is 14.1. The number of carbonyl (C=O) groups is 1. The summed E-state index contributed by atoms with van der Waals surface area (Å²) in [6.07, 6.45) is 0. The highest BCUT2D eigenvalue weighted by Crippen LogP contribution is 2.24. The molecular weight excluding hydrogens is 254 g/mol. The molecular formula is C16H17NO3. The summed E-state index contributed by atoms with van der Waals surface area (Å²) >= 11 is 0. The van der Waals surface area contributed by atoms with Gasteiger partial charge in [0.05, 0.1) is 12.3 Å². The summed E-state index contributed by atoms with van der Waals surface area (Å²) in [5.74, 6) is 0.502. The highest BCUT2D eigenvalue weighted by Gasteiger charge is 2.04. The molecule has 1 amide bonds. The molecule has 20 heavy (non-hydrogen) atoms. The quantitative estimate of drug-likeness (QED) is 0.879. The Balaban J connectivity index is 2.04. The van der Waals surface area contributed by atoms with Crippen LogP contribution in [0.25, 0.3) is 0 Å². The van der Waals surface area contributed by atoms with E-state index < -0.39 is 0 Å². The minimum Gasteiger partial charge on any atom is -0.487 e. The van der Waals surface area contributed by atoms with Crippen LogP contribution in [0.5, 0.6) is 5.75 Å². The van der Waals surface area contributed by atoms with E-state index in [-0.39, 0.29) is 12.5 Å². The predicted molar refractivity (Wildman–Crippen MR) is 77.4 cm³/mol. The van der Waals surface area contributed by atoms with Gasteiger partial charge in [-0.25, -0.2) is 0 Å². The predicted octanol–water partition coefficient (Wildman–Crippen LogP) is 2.72. The number of aliphatic hydroxyl groups is 1. The number of ether oxygens (including phenoxy) is 1. The van der Waals surface area contributed by atoms with Crippen molar-refractivity contribution in [3.8, 4) is 5.75 Å². The summed E-state index contributed by atoms with van der Waals surface area (Å²) < 4.78 is 5.72. The molecule has 104 valence electrons. The molecule has 0 saturated carbocycles. The van der Waals surface area contributed by atoms with Crippen LogP contribution in [0.1, 0.15) is 18.1 Å². The SMILES string of the molecule is CC(=O)Nc1ccccc1OCc1ccc(CO)cc1. The molecule has 0 spiro atoms. The van der Waals surface area contributed by atoms with Crippen molar-refractivity contribution in [1.29, 1.82) is 0 Å². The van der Waals surface area contributed by atoms with E-state index in [2.05, 4.69) is 5.32 Å². The molecule has 0 saturated heterocycles. The minimum absolute atomic E-state index is 0.0342. The number of rotatable bonds is 5. The Bertz CT molecular complexity index is 579. The lowest BCUT2D eigenvalue weighted by molar-refractivity contribution is -0.114. The first-order chi connectivity index (χ1) is 9.69. The Morgan fingerprint density at radius 1 is 1.10 bits per heavy atom. The fourth-order valence-electron chi connectivity index (χ4n) is 1.79. The molecule has 0 unspecified atom stereocenters. The van der Waals surface area contributed by atoms with Crippen molar-refractivity contribution < 1.29 is 14.6 Å². The van der Waals surface area contributed by atoms with Gasteiger partial charge in [0.1, 0.15) is 12.4 Å². The average molecular weight is 271 g/mol. The summed E-state index contributed by atoms with van der Waals surface area (Å²) in [6.45, 7) is 1.90. The molecule has 2 aromatic carbocycles. The zero-order chi connectivity index (χ0) is 14.4. The minimum atomic E-state index is -0.131. The van der Waals surface area contributed by atoms with Gasteiger partial charge >= 0.3 is 0 Å². The molecule has 0 aliphatic carbocycles. The van der Waals surface area contributed by atoms with Crippen LogP contribution in [0.4, 0.5) is 5.69 Å². The molecule has 0 bridgehead atoms. The summed E-state index contributed by atoms with van der Waals surface area (Å²) in [5.41, 5.74) is 2.53. The van der Waals surface area contributed by atoms with Gasteiger partial charge in [-0.1, -0.05) is 36.4 Å². The van der Waals surface area contributed by atoms with Gasteiger partial charge in [-0.05, 0) is 23.3 Å². The Morgan fingerprint density at radius 2 is 1.75 bits per heavy atom. The number of benzene rings is 2. The van der Waals surface area contributed by atoms with Crippen molar-refractivity contribution >= 4 is 11.6 Å². The lowest BCUT2D eigenvalue weighted by Gasteiger charge is -2.11. The van der Waals surface area contributed by atoms with Gasteiger partial charge in [0.15, 0.2) is 0 Å². The fraction of sp³-hybridized carbons (Fsp3) is 0.188. The number of amides is 1. The van der Waals surface area contributed by atoms with Gasteiger partial charge in [0.2, 0.25) is 5.91 Å². The molecule has 4 heteroatoms. The second-order valence-corrected chi connectivity index (χ2v) is 4.44. The first-order valence-corrected chi connectivity index (χ1v) is 6.37. The molecule has 0 aromatic heterocycles. The van der Waals surface area contributed by atoms with E-state index in [4.69, 9.17) is 9.84 Å². The van der Waals surface area contributed by atoms with Crippen molar-refractivity contribution in [3.05, 3.63) is 59.7 Å². The highest BCUT2D eigenvalue weighted by molar-refractivity contribution is 5.90. The molecule has 2 aromatic rings. The first-order valence-electron chi connectivity index (χ1n) is 6.37. The monoisotopic (exact) mass is 271 g/mol. The zero-order valence-corrected chi connectivity index (χ0v) is 11.3. The third-order valence-corrected chi connectivity index (χ3v) is 2.80. The summed E-state index contributed by atoms with van der Waals surface area (Å²) in [4.78, 5) is 11.1. The van der Waals surface area contributed by atoms with Crippen LogP contribution in [-0.2, 0) is 18.0 Å². The third kappa shape index (κ3) is 3.83. The van der Waals surface area contributed by atoms with Crippen molar-refractivity contribution in [2.75, 3.05) is 5.32 Å². The molecule has 4 nitrogen and oxygen atoms in total. The van der Waals surface area contributed by atoms with E-state index in [1.54, 1.807) is 6.07 Å². The Hall–Kier alpha value is -2.33.